The maximum atomic E-state index is 13.3. The highest BCUT2D eigenvalue weighted by molar-refractivity contribution is 5.98. The Morgan fingerprint density at radius 2 is 1.97 bits per heavy atom. The van der Waals surface area contributed by atoms with Gasteiger partial charge in [-0.15, -0.1) is 0 Å². The minimum Gasteiger partial charge on any atom is -0.383 e. The van der Waals surface area contributed by atoms with Crippen LogP contribution >= 0.6 is 0 Å². The quantitative estimate of drug-likeness (QED) is 0.545. The Kier molecular flexibility index (Phi) is 7.95. The van der Waals surface area contributed by atoms with E-state index in [9.17, 15) is 14.4 Å². The third kappa shape index (κ3) is 6.22. The van der Waals surface area contributed by atoms with Crippen molar-refractivity contribution in [2.75, 3.05) is 39.9 Å². The molecule has 2 heterocycles. The first-order chi connectivity index (χ1) is 16.5. The SMILES string of the molecule is COCCN(CCC(=O)NCC1CC1)C(=O)c1cc2n(n1)CCCN(Cc1ccccc1)C2=O. The van der Waals surface area contributed by atoms with Gasteiger partial charge in [0.05, 0.1) is 6.61 Å². The number of aromatic nitrogens is 2. The molecule has 1 fully saturated rings. The fourth-order valence-electron chi connectivity index (χ4n) is 4.08. The maximum Gasteiger partial charge on any atom is 0.274 e. The molecule has 9 nitrogen and oxygen atoms in total. The molecule has 0 atom stereocenters. The summed E-state index contributed by atoms with van der Waals surface area (Å²) in [6.07, 6.45) is 3.32. The van der Waals surface area contributed by atoms with Gasteiger partial charge in [-0.25, -0.2) is 0 Å². The first kappa shape index (κ1) is 23.9. The molecule has 0 bridgehead atoms. The zero-order chi connectivity index (χ0) is 23.9. The summed E-state index contributed by atoms with van der Waals surface area (Å²) < 4.78 is 6.79. The molecule has 1 N–H and O–H groups in total. The van der Waals surface area contributed by atoms with Crippen LogP contribution in [-0.2, 0) is 22.6 Å². The second-order valence-electron chi connectivity index (χ2n) is 8.99. The van der Waals surface area contributed by atoms with Gasteiger partial charge in [0.2, 0.25) is 5.91 Å². The lowest BCUT2D eigenvalue weighted by Gasteiger charge is -2.21. The molecule has 1 aromatic carbocycles. The standard InChI is InChI=1S/C25H33N5O4/c1-34-15-14-28(13-10-23(31)26-17-19-8-9-19)24(32)21-16-22-25(33)29(11-5-12-30(22)27-21)18-20-6-3-2-4-7-20/h2-4,6-7,16,19H,5,8-15,17-18H2,1H3,(H,26,31). The number of carbonyl (C=O) groups is 3. The zero-order valence-electron chi connectivity index (χ0n) is 19.7. The van der Waals surface area contributed by atoms with E-state index in [1.54, 1.807) is 27.7 Å². The third-order valence-electron chi connectivity index (χ3n) is 6.27. The summed E-state index contributed by atoms with van der Waals surface area (Å²) in [5, 5.41) is 7.40. The van der Waals surface area contributed by atoms with Gasteiger partial charge in [0.15, 0.2) is 5.69 Å². The van der Waals surface area contributed by atoms with Crippen LogP contribution in [0.25, 0.3) is 0 Å². The molecule has 1 aromatic heterocycles. The molecule has 3 amide bonds. The van der Waals surface area contributed by atoms with Crippen molar-refractivity contribution in [1.82, 2.24) is 24.9 Å². The molecular weight excluding hydrogens is 434 g/mol. The summed E-state index contributed by atoms with van der Waals surface area (Å²) >= 11 is 0. The number of methoxy groups -OCH3 is 1. The lowest BCUT2D eigenvalue weighted by molar-refractivity contribution is -0.121. The molecule has 4 rings (SSSR count). The van der Waals surface area contributed by atoms with E-state index >= 15 is 0 Å². The van der Waals surface area contributed by atoms with E-state index in [2.05, 4.69) is 10.4 Å². The van der Waals surface area contributed by atoms with E-state index < -0.39 is 0 Å². The van der Waals surface area contributed by atoms with E-state index in [1.165, 1.54) is 12.8 Å². The predicted molar refractivity (Wildman–Crippen MR) is 126 cm³/mol. The van der Waals surface area contributed by atoms with Gasteiger partial charge in [0.1, 0.15) is 5.69 Å². The van der Waals surface area contributed by atoms with E-state index in [0.29, 0.717) is 50.9 Å². The number of nitrogens with zero attached hydrogens (tertiary/aromatic N) is 4. The Hall–Kier alpha value is -3.20. The van der Waals surface area contributed by atoms with Crippen LogP contribution in [0.4, 0.5) is 0 Å². The number of nitrogens with one attached hydrogen (secondary N) is 1. The van der Waals surface area contributed by atoms with Crippen LogP contribution in [0.3, 0.4) is 0 Å². The van der Waals surface area contributed by atoms with Crippen molar-refractivity contribution in [3.05, 3.63) is 53.3 Å². The van der Waals surface area contributed by atoms with E-state index in [4.69, 9.17) is 4.74 Å². The van der Waals surface area contributed by atoms with Crippen molar-refractivity contribution < 1.29 is 19.1 Å². The second-order valence-corrected chi connectivity index (χ2v) is 8.99. The van der Waals surface area contributed by atoms with Gasteiger partial charge in [-0.1, -0.05) is 30.3 Å². The average molecular weight is 468 g/mol. The molecule has 34 heavy (non-hydrogen) atoms. The fourth-order valence-corrected chi connectivity index (χ4v) is 4.08. The number of benzene rings is 1. The second kappa shape index (κ2) is 11.3. The Bertz CT molecular complexity index is 1000. The molecule has 2 aromatic rings. The van der Waals surface area contributed by atoms with E-state index in [1.807, 2.05) is 30.3 Å². The minimum absolute atomic E-state index is 0.0607. The highest BCUT2D eigenvalue weighted by atomic mass is 16.5. The lowest BCUT2D eigenvalue weighted by Crippen LogP contribution is -2.38. The van der Waals surface area contributed by atoms with E-state index in [0.717, 1.165) is 12.0 Å². The number of amides is 3. The molecule has 9 heteroatoms. The number of fused-ring (bicyclic) bond motifs is 1. The molecule has 1 aliphatic carbocycles. The number of aryl methyl sites for hydroxylation is 1. The molecule has 0 spiro atoms. The number of hydrogen-bond acceptors (Lipinski definition) is 5. The number of hydrogen-bond donors (Lipinski definition) is 1. The van der Waals surface area contributed by atoms with Crippen LogP contribution in [-0.4, -0.2) is 77.2 Å². The zero-order valence-corrected chi connectivity index (χ0v) is 19.7. The molecule has 1 aliphatic heterocycles. The first-order valence-corrected chi connectivity index (χ1v) is 12.0. The summed E-state index contributed by atoms with van der Waals surface area (Å²) in [6.45, 7) is 3.41. The van der Waals surface area contributed by atoms with Crippen LogP contribution in [0, 0.1) is 5.92 Å². The monoisotopic (exact) mass is 467 g/mol. The maximum absolute atomic E-state index is 13.3. The van der Waals surface area contributed by atoms with Gasteiger partial charge in [-0.05, 0) is 30.7 Å². The highest BCUT2D eigenvalue weighted by Gasteiger charge is 2.28. The first-order valence-electron chi connectivity index (χ1n) is 12.0. The lowest BCUT2D eigenvalue weighted by atomic mass is 10.2. The summed E-state index contributed by atoms with van der Waals surface area (Å²) in [4.78, 5) is 42.1. The van der Waals surface area contributed by atoms with E-state index in [-0.39, 0.29) is 36.4 Å². The number of rotatable bonds is 11. The Morgan fingerprint density at radius 1 is 1.18 bits per heavy atom. The van der Waals surface area contributed by atoms with Crippen LogP contribution in [0.15, 0.2) is 36.4 Å². The summed E-state index contributed by atoms with van der Waals surface area (Å²) in [7, 11) is 1.57. The topological polar surface area (TPSA) is 96.8 Å². The third-order valence-corrected chi connectivity index (χ3v) is 6.27. The van der Waals surface area contributed by atoms with Gasteiger partial charge in [0, 0.05) is 58.9 Å². The van der Waals surface area contributed by atoms with Crippen LogP contribution in [0.2, 0.25) is 0 Å². The molecular formula is C25H33N5O4. The molecule has 182 valence electrons. The van der Waals surface area contributed by atoms with Crippen molar-refractivity contribution >= 4 is 17.7 Å². The van der Waals surface area contributed by atoms with Crippen molar-refractivity contribution in [2.24, 2.45) is 5.92 Å². The summed E-state index contributed by atoms with van der Waals surface area (Å²) in [5.74, 6) is 0.121. The van der Waals surface area contributed by atoms with Crippen molar-refractivity contribution in [3.63, 3.8) is 0 Å². The van der Waals surface area contributed by atoms with Crippen LogP contribution in [0.1, 0.15) is 52.2 Å². The largest absolute Gasteiger partial charge is 0.383 e. The molecule has 2 aliphatic rings. The fraction of sp³-hybridized carbons (Fsp3) is 0.520. The Balaban J connectivity index is 1.43. The van der Waals surface area contributed by atoms with Crippen molar-refractivity contribution in [1.29, 1.82) is 0 Å². The average Bonchev–Trinajstić information content (AvgIpc) is 3.61. The minimum atomic E-state index is -0.296. The summed E-state index contributed by atoms with van der Waals surface area (Å²) in [6, 6.07) is 11.4. The van der Waals surface area contributed by atoms with Crippen LogP contribution in [0.5, 0.6) is 0 Å². The molecule has 0 saturated heterocycles. The molecule has 0 unspecified atom stereocenters. The Labute approximate surface area is 200 Å². The highest BCUT2D eigenvalue weighted by Crippen LogP contribution is 2.27. The predicted octanol–water partition coefficient (Wildman–Crippen LogP) is 1.93. The van der Waals surface area contributed by atoms with Gasteiger partial charge < -0.3 is 19.9 Å². The smallest absolute Gasteiger partial charge is 0.274 e. The van der Waals surface area contributed by atoms with Gasteiger partial charge in [-0.3, -0.25) is 19.1 Å². The number of ether oxygens (including phenoxy) is 1. The Morgan fingerprint density at radius 3 is 2.71 bits per heavy atom. The van der Waals surface area contributed by atoms with Gasteiger partial charge in [-0.2, -0.15) is 5.10 Å². The van der Waals surface area contributed by atoms with Crippen molar-refractivity contribution in [2.45, 2.75) is 38.8 Å². The van der Waals surface area contributed by atoms with Gasteiger partial charge in [0.25, 0.3) is 11.8 Å². The molecule has 0 radical (unpaired) electrons. The van der Waals surface area contributed by atoms with Crippen molar-refractivity contribution in [3.8, 4) is 0 Å². The number of carbonyl (C=O) groups excluding carboxylic acids is 3. The normalized spacial score (nSPS) is 15.6. The van der Waals surface area contributed by atoms with Crippen LogP contribution < -0.4 is 5.32 Å². The van der Waals surface area contributed by atoms with Gasteiger partial charge >= 0.3 is 0 Å². The summed E-state index contributed by atoms with van der Waals surface area (Å²) in [5.41, 5.74) is 1.70. The molecule has 1 saturated carbocycles.